The Labute approximate surface area is 123 Å². The number of carboxylic acids is 1. The van der Waals surface area contributed by atoms with Crippen LogP contribution in [-0.2, 0) is 17.8 Å². The first-order chi connectivity index (χ1) is 9.69. The van der Waals surface area contributed by atoms with Crippen molar-refractivity contribution in [1.29, 1.82) is 0 Å². The van der Waals surface area contributed by atoms with Crippen molar-refractivity contribution < 1.29 is 9.90 Å². The number of fused-ring (bicyclic) bond motifs is 1. The zero-order chi connectivity index (χ0) is 14.1. The molecule has 1 aliphatic carbocycles. The van der Waals surface area contributed by atoms with Crippen LogP contribution in [0.4, 0.5) is 0 Å². The lowest BCUT2D eigenvalue weighted by atomic mass is 9.85. The molecule has 0 amide bonds. The van der Waals surface area contributed by atoms with Crippen molar-refractivity contribution in [3.8, 4) is 0 Å². The van der Waals surface area contributed by atoms with Crippen LogP contribution in [0.2, 0.25) is 0 Å². The predicted octanol–water partition coefficient (Wildman–Crippen LogP) is 2.92. The summed E-state index contributed by atoms with van der Waals surface area (Å²) in [6.45, 7) is 2.81. The van der Waals surface area contributed by atoms with E-state index < -0.39 is 5.97 Å². The molecule has 1 aliphatic heterocycles. The molecule has 2 aliphatic rings. The number of aromatic nitrogens is 1. The lowest BCUT2D eigenvalue weighted by Crippen LogP contribution is -2.41. The van der Waals surface area contributed by atoms with E-state index in [4.69, 9.17) is 0 Å². The van der Waals surface area contributed by atoms with E-state index in [1.54, 1.807) is 11.3 Å². The van der Waals surface area contributed by atoms with Gasteiger partial charge in [0, 0.05) is 18.0 Å². The van der Waals surface area contributed by atoms with Crippen molar-refractivity contribution in [2.24, 2.45) is 5.92 Å². The first kappa shape index (κ1) is 14.0. The van der Waals surface area contributed by atoms with Gasteiger partial charge < -0.3 is 5.11 Å². The van der Waals surface area contributed by atoms with Gasteiger partial charge in [0.25, 0.3) is 0 Å². The summed E-state index contributed by atoms with van der Waals surface area (Å²) < 4.78 is 0. The standard InChI is InChI=1S/C15H22N2O2S/c1-2-14-16-11(9-20-14)8-17-12-6-4-3-5-10(12)7-13(17)15(18)19/h9-10,12-13H,2-8H2,1H3,(H,18,19)/t10-,12-,13-/m0/s1. The van der Waals surface area contributed by atoms with Crippen LogP contribution >= 0.6 is 11.3 Å². The molecule has 1 saturated heterocycles. The number of carboxylic acid groups (broad SMARTS) is 1. The van der Waals surface area contributed by atoms with Crippen LogP contribution in [0.3, 0.4) is 0 Å². The van der Waals surface area contributed by atoms with Crippen LogP contribution < -0.4 is 0 Å². The predicted molar refractivity (Wildman–Crippen MR) is 78.8 cm³/mol. The van der Waals surface area contributed by atoms with Gasteiger partial charge in [-0.05, 0) is 31.6 Å². The second-order valence-electron chi connectivity index (χ2n) is 5.96. The van der Waals surface area contributed by atoms with E-state index in [2.05, 4.69) is 22.2 Å². The molecular formula is C15H22N2O2S. The SMILES string of the molecule is CCc1nc(CN2[C@H](C(=O)O)C[C@@H]3CCCC[C@@H]32)cs1. The molecule has 2 heterocycles. The molecule has 110 valence electrons. The highest BCUT2D eigenvalue weighted by Crippen LogP contribution is 2.40. The molecule has 3 atom stereocenters. The third-order valence-corrected chi connectivity index (χ3v) is 5.79. The molecule has 20 heavy (non-hydrogen) atoms. The summed E-state index contributed by atoms with van der Waals surface area (Å²) in [5.74, 6) is -0.0838. The third kappa shape index (κ3) is 2.61. The van der Waals surface area contributed by atoms with E-state index >= 15 is 0 Å². The van der Waals surface area contributed by atoms with Crippen molar-refractivity contribution in [3.63, 3.8) is 0 Å². The molecule has 0 radical (unpaired) electrons. The Kier molecular flexibility index (Phi) is 4.08. The summed E-state index contributed by atoms with van der Waals surface area (Å²) in [6, 6.07) is 0.145. The van der Waals surface area contributed by atoms with Gasteiger partial charge in [-0.15, -0.1) is 11.3 Å². The summed E-state index contributed by atoms with van der Waals surface area (Å²) in [6.07, 6.45) is 6.63. The molecule has 1 aromatic rings. The van der Waals surface area contributed by atoms with Gasteiger partial charge in [-0.3, -0.25) is 9.69 Å². The monoisotopic (exact) mass is 294 g/mol. The summed E-state index contributed by atoms with van der Waals surface area (Å²) in [4.78, 5) is 18.4. The maximum atomic E-state index is 11.5. The first-order valence-electron chi connectivity index (χ1n) is 7.61. The fraction of sp³-hybridized carbons (Fsp3) is 0.733. The maximum Gasteiger partial charge on any atom is 0.320 e. The van der Waals surface area contributed by atoms with Crippen molar-refractivity contribution in [2.75, 3.05) is 0 Å². The number of hydrogen-bond donors (Lipinski definition) is 1. The molecule has 0 unspecified atom stereocenters. The Hall–Kier alpha value is -0.940. The van der Waals surface area contributed by atoms with Gasteiger partial charge in [0.15, 0.2) is 0 Å². The maximum absolute atomic E-state index is 11.5. The van der Waals surface area contributed by atoms with E-state index in [1.165, 1.54) is 19.3 Å². The Morgan fingerprint density at radius 3 is 3.00 bits per heavy atom. The van der Waals surface area contributed by atoms with Gasteiger partial charge in [0.1, 0.15) is 6.04 Å². The number of aryl methyl sites for hydroxylation is 1. The van der Waals surface area contributed by atoms with Gasteiger partial charge in [0.05, 0.1) is 10.7 Å². The highest BCUT2D eigenvalue weighted by molar-refractivity contribution is 7.09. The second-order valence-corrected chi connectivity index (χ2v) is 6.90. The zero-order valence-electron chi connectivity index (χ0n) is 11.9. The average molecular weight is 294 g/mol. The molecule has 1 saturated carbocycles. The highest BCUT2D eigenvalue weighted by Gasteiger charge is 2.45. The number of likely N-dealkylation sites (tertiary alicyclic amines) is 1. The smallest absolute Gasteiger partial charge is 0.320 e. The van der Waals surface area contributed by atoms with Crippen molar-refractivity contribution in [1.82, 2.24) is 9.88 Å². The molecule has 0 aromatic carbocycles. The largest absolute Gasteiger partial charge is 0.480 e. The Bertz CT molecular complexity index is 488. The van der Waals surface area contributed by atoms with Crippen molar-refractivity contribution >= 4 is 17.3 Å². The van der Waals surface area contributed by atoms with Crippen molar-refractivity contribution in [3.05, 3.63) is 16.1 Å². The van der Waals surface area contributed by atoms with Gasteiger partial charge >= 0.3 is 5.97 Å². The summed E-state index contributed by atoms with van der Waals surface area (Å²) >= 11 is 1.69. The van der Waals surface area contributed by atoms with Gasteiger partial charge in [-0.1, -0.05) is 19.8 Å². The minimum absolute atomic E-state index is 0.310. The molecule has 4 nitrogen and oxygen atoms in total. The van der Waals surface area contributed by atoms with E-state index in [0.29, 0.717) is 18.5 Å². The average Bonchev–Trinajstić information content (AvgIpc) is 3.04. The van der Waals surface area contributed by atoms with Crippen molar-refractivity contribution in [2.45, 2.75) is 64.1 Å². The van der Waals surface area contributed by atoms with Crippen LogP contribution in [0.5, 0.6) is 0 Å². The third-order valence-electron chi connectivity index (χ3n) is 4.75. The lowest BCUT2D eigenvalue weighted by molar-refractivity contribution is -0.142. The van der Waals surface area contributed by atoms with Crippen LogP contribution in [0, 0.1) is 5.92 Å². The van der Waals surface area contributed by atoms with E-state index in [9.17, 15) is 9.90 Å². The molecule has 2 fully saturated rings. The summed E-state index contributed by atoms with van der Waals surface area (Å²) in [7, 11) is 0. The normalized spacial score (nSPS) is 30.4. The number of hydrogen-bond acceptors (Lipinski definition) is 4. The van der Waals surface area contributed by atoms with Crippen LogP contribution in [0.25, 0.3) is 0 Å². The summed E-state index contributed by atoms with van der Waals surface area (Å²) in [5.41, 5.74) is 1.05. The van der Waals surface area contributed by atoms with Gasteiger partial charge in [-0.2, -0.15) is 0 Å². The Morgan fingerprint density at radius 2 is 2.30 bits per heavy atom. The lowest BCUT2D eigenvalue weighted by Gasteiger charge is -2.32. The molecule has 1 N–H and O–H groups in total. The van der Waals surface area contributed by atoms with E-state index in [-0.39, 0.29) is 6.04 Å². The van der Waals surface area contributed by atoms with Gasteiger partial charge in [0.2, 0.25) is 0 Å². The molecule has 5 heteroatoms. The first-order valence-corrected chi connectivity index (χ1v) is 8.48. The second kappa shape index (κ2) is 5.82. The topological polar surface area (TPSA) is 53.4 Å². The quantitative estimate of drug-likeness (QED) is 0.927. The van der Waals surface area contributed by atoms with E-state index in [1.807, 2.05) is 0 Å². The number of aliphatic carboxylic acids is 1. The highest BCUT2D eigenvalue weighted by atomic mass is 32.1. The molecular weight excluding hydrogens is 272 g/mol. The fourth-order valence-corrected chi connectivity index (χ4v) is 4.53. The number of carbonyl (C=O) groups is 1. The van der Waals surface area contributed by atoms with E-state index in [0.717, 1.165) is 30.0 Å². The molecule has 0 bridgehead atoms. The molecule has 3 rings (SSSR count). The molecule has 0 spiro atoms. The number of rotatable bonds is 4. The van der Waals surface area contributed by atoms with Crippen LogP contribution in [-0.4, -0.2) is 33.0 Å². The Morgan fingerprint density at radius 1 is 1.50 bits per heavy atom. The number of nitrogens with zero attached hydrogens (tertiary/aromatic N) is 2. The van der Waals surface area contributed by atoms with Gasteiger partial charge in [-0.25, -0.2) is 4.98 Å². The Balaban J connectivity index is 1.78. The van der Waals surface area contributed by atoms with Crippen LogP contribution in [0.1, 0.15) is 49.7 Å². The van der Waals surface area contributed by atoms with Crippen LogP contribution in [0.15, 0.2) is 5.38 Å². The minimum atomic E-state index is -0.662. The summed E-state index contributed by atoms with van der Waals surface area (Å²) in [5, 5.41) is 12.7. The number of thiazole rings is 1. The molecule has 1 aromatic heterocycles. The zero-order valence-corrected chi connectivity index (χ0v) is 12.7. The minimum Gasteiger partial charge on any atom is -0.480 e. The fourth-order valence-electron chi connectivity index (χ4n) is 3.79.